The lowest BCUT2D eigenvalue weighted by Crippen LogP contribution is -1.84. The van der Waals surface area contributed by atoms with Crippen LogP contribution in [0, 0.1) is 6.92 Å². The Kier molecular flexibility index (Phi) is 3.11. The molecule has 0 saturated carbocycles. The van der Waals surface area contributed by atoms with Crippen LogP contribution in [0.25, 0.3) is 10.9 Å². The minimum atomic E-state index is 1.02. The maximum atomic E-state index is 3.32. The first-order valence-electron chi connectivity index (χ1n) is 6.08. The monoisotopic (exact) mass is 253 g/mol. The Morgan fingerprint density at radius 3 is 2.67 bits per heavy atom. The van der Waals surface area contributed by atoms with Gasteiger partial charge in [-0.15, -0.1) is 11.8 Å². The standard InChI is InChI=1S/C16H15NS/c1-12-6-2-3-7-13(12)11-18-16-10-17-15-9-5-4-8-14(15)16/h2-10,17H,11H2,1H3. The van der Waals surface area contributed by atoms with Gasteiger partial charge in [-0.2, -0.15) is 0 Å². The van der Waals surface area contributed by atoms with Gasteiger partial charge >= 0.3 is 0 Å². The lowest BCUT2D eigenvalue weighted by Gasteiger charge is -2.04. The van der Waals surface area contributed by atoms with Gasteiger partial charge in [0.15, 0.2) is 0 Å². The van der Waals surface area contributed by atoms with Gasteiger partial charge in [0.2, 0.25) is 0 Å². The van der Waals surface area contributed by atoms with Gasteiger partial charge in [-0.1, -0.05) is 42.5 Å². The van der Waals surface area contributed by atoms with Crippen molar-refractivity contribution in [2.75, 3.05) is 0 Å². The fourth-order valence-electron chi connectivity index (χ4n) is 2.09. The van der Waals surface area contributed by atoms with Crippen molar-refractivity contribution in [1.29, 1.82) is 0 Å². The molecule has 0 radical (unpaired) electrons. The molecule has 0 fully saturated rings. The summed E-state index contributed by atoms with van der Waals surface area (Å²) in [5.74, 6) is 1.02. The lowest BCUT2D eigenvalue weighted by molar-refractivity contribution is 1.30. The highest BCUT2D eigenvalue weighted by atomic mass is 32.2. The highest BCUT2D eigenvalue weighted by Crippen LogP contribution is 2.30. The molecular formula is C16H15NS. The number of hydrogen-bond acceptors (Lipinski definition) is 1. The third kappa shape index (κ3) is 2.16. The molecule has 0 aliphatic rings. The van der Waals surface area contributed by atoms with Gasteiger partial charge in [0.05, 0.1) is 0 Å². The van der Waals surface area contributed by atoms with E-state index < -0.39 is 0 Å². The molecular weight excluding hydrogens is 238 g/mol. The highest BCUT2D eigenvalue weighted by molar-refractivity contribution is 7.98. The molecule has 0 amide bonds. The number of aromatic amines is 1. The van der Waals surface area contributed by atoms with Crippen molar-refractivity contribution in [3.8, 4) is 0 Å². The van der Waals surface area contributed by atoms with Gasteiger partial charge in [0.25, 0.3) is 0 Å². The molecule has 0 saturated heterocycles. The molecule has 0 bridgehead atoms. The number of aromatic nitrogens is 1. The first kappa shape index (κ1) is 11.4. The second kappa shape index (κ2) is 4.91. The topological polar surface area (TPSA) is 15.8 Å². The Balaban J connectivity index is 1.83. The third-order valence-electron chi connectivity index (χ3n) is 3.20. The van der Waals surface area contributed by atoms with E-state index in [9.17, 15) is 0 Å². The van der Waals surface area contributed by atoms with Crippen LogP contribution in [-0.4, -0.2) is 4.98 Å². The van der Waals surface area contributed by atoms with Crippen molar-refractivity contribution >= 4 is 22.7 Å². The van der Waals surface area contributed by atoms with E-state index in [1.807, 2.05) is 11.8 Å². The summed E-state index contributed by atoms with van der Waals surface area (Å²) in [4.78, 5) is 4.65. The van der Waals surface area contributed by atoms with Crippen molar-refractivity contribution in [3.63, 3.8) is 0 Å². The van der Waals surface area contributed by atoms with E-state index >= 15 is 0 Å². The van der Waals surface area contributed by atoms with E-state index in [4.69, 9.17) is 0 Å². The maximum absolute atomic E-state index is 3.32. The number of aryl methyl sites for hydroxylation is 1. The maximum Gasteiger partial charge on any atom is 0.0465 e. The molecule has 0 aliphatic carbocycles. The lowest BCUT2D eigenvalue weighted by atomic mass is 10.1. The Hall–Kier alpha value is -1.67. The zero-order valence-corrected chi connectivity index (χ0v) is 11.1. The fourth-order valence-corrected chi connectivity index (χ4v) is 3.20. The SMILES string of the molecule is Cc1ccccc1CSc1c[nH]c2ccccc12. The van der Waals surface area contributed by atoms with E-state index in [1.54, 1.807) is 0 Å². The smallest absolute Gasteiger partial charge is 0.0465 e. The van der Waals surface area contributed by atoms with E-state index in [0.29, 0.717) is 0 Å². The summed E-state index contributed by atoms with van der Waals surface area (Å²) in [6.45, 7) is 2.17. The number of hydrogen-bond donors (Lipinski definition) is 1. The largest absolute Gasteiger partial charge is 0.360 e. The number of benzene rings is 2. The van der Waals surface area contributed by atoms with Gasteiger partial charge in [0, 0.05) is 27.7 Å². The third-order valence-corrected chi connectivity index (χ3v) is 4.30. The van der Waals surface area contributed by atoms with Gasteiger partial charge in [-0.05, 0) is 24.1 Å². The summed E-state index contributed by atoms with van der Waals surface area (Å²) in [6, 6.07) is 17.0. The normalized spacial score (nSPS) is 10.9. The van der Waals surface area contributed by atoms with Crippen LogP contribution < -0.4 is 0 Å². The molecule has 1 nitrogen and oxygen atoms in total. The summed E-state index contributed by atoms with van der Waals surface area (Å²) >= 11 is 1.89. The van der Waals surface area contributed by atoms with Crippen LogP contribution in [0.1, 0.15) is 11.1 Å². The highest BCUT2D eigenvalue weighted by Gasteiger charge is 2.04. The molecule has 90 valence electrons. The molecule has 2 aromatic carbocycles. The van der Waals surface area contributed by atoms with E-state index in [-0.39, 0.29) is 0 Å². The van der Waals surface area contributed by atoms with E-state index in [2.05, 4.69) is 66.6 Å². The average Bonchev–Trinajstić information content (AvgIpc) is 2.81. The summed E-state index contributed by atoms with van der Waals surface area (Å²) in [5.41, 5.74) is 3.99. The first-order valence-corrected chi connectivity index (χ1v) is 7.06. The van der Waals surface area contributed by atoms with Crippen molar-refractivity contribution < 1.29 is 0 Å². The predicted molar refractivity (Wildman–Crippen MR) is 79.0 cm³/mol. The number of thioether (sulfide) groups is 1. The molecule has 0 atom stereocenters. The van der Waals surface area contributed by atoms with Crippen LogP contribution in [0.15, 0.2) is 59.6 Å². The molecule has 0 spiro atoms. The van der Waals surface area contributed by atoms with Crippen LogP contribution in [0.5, 0.6) is 0 Å². The second-order valence-electron chi connectivity index (χ2n) is 4.41. The molecule has 0 aliphatic heterocycles. The quantitative estimate of drug-likeness (QED) is 0.665. The Morgan fingerprint density at radius 2 is 1.78 bits per heavy atom. The minimum absolute atomic E-state index is 1.02. The van der Waals surface area contributed by atoms with E-state index in [0.717, 1.165) is 5.75 Å². The molecule has 1 aromatic heterocycles. The van der Waals surface area contributed by atoms with Gasteiger partial charge in [-0.3, -0.25) is 0 Å². The first-order chi connectivity index (χ1) is 8.84. The molecule has 3 rings (SSSR count). The summed E-state index contributed by atoms with van der Waals surface area (Å²) in [6.07, 6.45) is 2.10. The van der Waals surface area contributed by atoms with Crippen LogP contribution >= 0.6 is 11.8 Å². The van der Waals surface area contributed by atoms with Crippen molar-refractivity contribution in [2.45, 2.75) is 17.6 Å². The average molecular weight is 253 g/mol. The number of para-hydroxylation sites is 1. The van der Waals surface area contributed by atoms with Gasteiger partial charge in [-0.25, -0.2) is 0 Å². The Bertz CT molecular complexity index is 669. The number of H-pyrrole nitrogens is 1. The summed E-state index contributed by atoms with van der Waals surface area (Å²) in [5, 5.41) is 1.32. The molecule has 0 unspecified atom stereocenters. The van der Waals surface area contributed by atoms with Gasteiger partial charge in [0.1, 0.15) is 0 Å². The number of nitrogens with one attached hydrogen (secondary N) is 1. The fraction of sp³-hybridized carbons (Fsp3) is 0.125. The van der Waals surface area contributed by atoms with Gasteiger partial charge < -0.3 is 4.98 Å². The van der Waals surface area contributed by atoms with Crippen molar-refractivity contribution in [1.82, 2.24) is 4.98 Å². The molecule has 1 N–H and O–H groups in total. The number of fused-ring (bicyclic) bond motifs is 1. The van der Waals surface area contributed by atoms with Crippen molar-refractivity contribution in [2.24, 2.45) is 0 Å². The molecule has 1 heterocycles. The van der Waals surface area contributed by atoms with Crippen LogP contribution in [0.2, 0.25) is 0 Å². The van der Waals surface area contributed by atoms with Crippen LogP contribution in [0.4, 0.5) is 0 Å². The molecule has 18 heavy (non-hydrogen) atoms. The Morgan fingerprint density at radius 1 is 1.00 bits per heavy atom. The van der Waals surface area contributed by atoms with Crippen LogP contribution in [-0.2, 0) is 5.75 Å². The molecule has 2 heteroatoms. The summed E-state index contributed by atoms with van der Waals surface area (Å²) in [7, 11) is 0. The predicted octanol–water partition coefficient (Wildman–Crippen LogP) is 4.77. The van der Waals surface area contributed by atoms with E-state index in [1.165, 1.54) is 26.9 Å². The Labute approximate surface area is 111 Å². The zero-order chi connectivity index (χ0) is 12.4. The van der Waals surface area contributed by atoms with Crippen LogP contribution in [0.3, 0.4) is 0 Å². The summed E-state index contributed by atoms with van der Waals surface area (Å²) < 4.78 is 0. The zero-order valence-electron chi connectivity index (χ0n) is 10.3. The van der Waals surface area contributed by atoms with Crippen molar-refractivity contribution in [3.05, 3.63) is 65.9 Å². The second-order valence-corrected chi connectivity index (χ2v) is 5.43. The minimum Gasteiger partial charge on any atom is -0.360 e. The number of rotatable bonds is 3. The molecule has 3 aromatic rings.